The van der Waals surface area contributed by atoms with Crippen LogP contribution in [0.15, 0.2) is 15.7 Å². The molecule has 1 aromatic rings. The van der Waals surface area contributed by atoms with E-state index in [1.807, 2.05) is 0 Å². The highest BCUT2D eigenvalue weighted by Gasteiger charge is 2.19. The van der Waals surface area contributed by atoms with Crippen molar-refractivity contribution in [2.75, 3.05) is 34.4 Å². The molecule has 0 atom stereocenters. The van der Waals surface area contributed by atoms with E-state index < -0.39 is 10.0 Å². The normalized spacial score (nSPS) is 11.5. The SMILES string of the molecule is CNS(=O)(=O)c1cc(C(=O)N(C)CCOC)cs1. The summed E-state index contributed by atoms with van der Waals surface area (Å²) in [5.41, 5.74) is 0.368. The van der Waals surface area contributed by atoms with Crippen LogP contribution in [-0.2, 0) is 14.8 Å². The van der Waals surface area contributed by atoms with Gasteiger partial charge in [-0.15, -0.1) is 11.3 Å². The second kappa shape index (κ2) is 6.28. The van der Waals surface area contributed by atoms with Crippen LogP contribution in [0.2, 0.25) is 0 Å². The zero-order valence-electron chi connectivity index (χ0n) is 10.5. The van der Waals surface area contributed by atoms with Crippen molar-refractivity contribution >= 4 is 27.3 Å². The highest BCUT2D eigenvalue weighted by atomic mass is 32.2. The van der Waals surface area contributed by atoms with Crippen LogP contribution in [-0.4, -0.2) is 53.6 Å². The van der Waals surface area contributed by atoms with Crippen LogP contribution >= 0.6 is 11.3 Å². The molecule has 0 spiro atoms. The third kappa shape index (κ3) is 3.52. The van der Waals surface area contributed by atoms with Gasteiger partial charge in [0.05, 0.1) is 12.2 Å². The topological polar surface area (TPSA) is 75.7 Å². The maximum atomic E-state index is 11.9. The summed E-state index contributed by atoms with van der Waals surface area (Å²) in [6, 6.07) is 1.38. The predicted octanol–water partition coefficient (Wildman–Crippen LogP) is 0.375. The number of thiophene rings is 1. The molecular formula is C10H16N2O4S2. The van der Waals surface area contributed by atoms with Gasteiger partial charge in [0.2, 0.25) is 10.0 Å². The Morgan fingerprint density at radius 3 is 2.78 bits per heavy atom. The maximum Gasteiger partial charge on any atom is 0.254 e. The lowest BCUT2D eigenvalue weighted by atomic mass is 10.3. The van der Waals surface area contributed by atoms with Crippen LogP contribution in [0.4, 0.5) is 0 Å². The molecule has 0 fully saturated rings. The van der Waals surface area contributed by atoms with Crippen molar-refractivity contribution in [1.82, 2.24) is 9.62 Å². The molecule has 1 heterocycles. The summed E-state index contributed by atoms with van der Waals surface area (Å²) >= 11 is 1.02. The average Bonchev–Trinajstić information content (AvgIpc) is 2.85. The molecule has 1 rings (SSSR count). The van der Waals surface area contributed by atoms with Gasteiger partial charge in [0.1, 0.15) is 4.21 Å². The fourth-order valence-corrected chi connectivity index (χ4v) is 3.21. The Bertz CT molecular complexity index is 510. The molecule has 0 aliphatic rings. The largest absolute Gasteiger partial charge is 0.383 e. The van der Waals surface area contributed by atoms with Crippen molar-refractivity contribution in [3.8, 4) is 0 Å². The van der Waals surface area contributed by atoms with Gasteiger partial charge in [-0.05, 0) is 13.1 Å². The van der Waals surface area contributed by atoms with Crippen LogP contribution in [0.25, 0.3) is 0 Å². The monoisotopic (exact) mass is 292 g/mol. The lowest BCUT2D eigenvalue weighted by Crippen LogP contribution is -2.29. The van der Waals surface area contributed by atoms with Gasteiger partial charge in [-0.3, -0.25) is 4.79 Å². The summed E-state index contributed by atoms with van der Waals surface area (Å²) in [6.07, 6.45) is 0. The van der Waals surface area contributed by atoms with Crippen LogP contribution in [0.1, 0.15) is 10.4 Å². The van der Waals surface area contributed by atoms with Crippen molar-refractivity contribution in [2.24, 2.45) is 0 Å². The van der Waals surface area contributed by atoms with E-state index in [9.17, 15) is 13.2 Å². The van der Waals surface area contributed by atoms with Gasteiger partial charge < -0.3 is 9.64 Å². The molecule has 6 nitrogen and oxygen atoms in total. The molecule has 0 saturated heterocycles. The van der Waals surface area contributed by atoms with Crippen molar-refractivity contribution in [3.63, 3.8) is 0 Å². The summed E-state index contributed by atoms with van der Waals surface area (Å²) in [4.78, 5) is 13.4. The van der Waals surface area contributed by atoms with Crippen LogP contribution in [0, 0.1) is 0 Å². The van der Waals surface area contributed by atoms with Crippen LogP contribution < -0.4 is 4.72 Å². The zero-order valence-corrected chi connectivity index (χ0v) is 12.1. The molecule has 0 radical (unpaired) electrons. The van der Waals surface area contributed by atoms with Gasteiger partial charge >= 0.3 is 0 Å². The van der Waals surface area contributed by atoms with E-state index in [0.717, 1.165) is 11.3 Å². The first-order chi connectivity index (χ1) is 8.42. The molecule has 0 saturated carbocycles. The summed E-state index contributed by atoms with van der Waals surface area (Å²) < 4.78 is 30.3. The lowest BCUT2D eigenvalue weighted by molar-refractivity contribution is 0.0744. The molecule has 102 valence electrons. The first-order valence-corrected chi connectivity index (χ1v) is 7.55. The highest BCUT2D eigenvalue weighted by Crippen LogP contribution is 2.20. The van der Waals surface area contributed by atoms with E-state index in [-0.39, 0.29) is 10.1 Å². The number of rotatable bonds is 6. The van der Waals surface area contributed by atoms with Crippen LogP contribution in [0.3, 0.4) is 0 Å². The summed E-state index contributed by atoms with van der Waals surface area (Å²) in [5.74, 6) is -0.221. The van der Waals surface area contributed by atoms with E-state index >= 15 is 0 Å². The quantitative estimate of drug-likeness (QED) is 0.822. The number of carbonyl (C=O) groups is 1. The maximum absolute atomic E-state index is 11.9. The molecule has 1 N–H and O–H groups in total. The molecule has 0 aliphatic carbocycles. The summed E-state index contributed by atoms with van der Waals surface area (Å²) in [6.45, 7) is 0.896. The number of hydrogen-bond acceptors (Lipinski definition) is 5. The molecule has 18 heavy (non-hydrogen) atoms. The Kier molecular flexibility index (Phi) is 5.27. The molecule has 1 aromatic heterocycles. The Labute approximate surface area is 111 Å². The molecule has 0 aromatic carbocycles. The Balaban J connectivity index is 2.83. The van der Waals surface area contributed by atoms with E-state index in [2.05, 4.69) is 4.72 Å². The van der Waals surface area contributed by atoms with Crippen molar-refractivity contribution in [3.05, 3.63) is 17.0 Å². The standard InChI is InChI=1S/C10H16N2O4S2/c1-11-18(14,15)9-6-8(7-17-9)10(13)12(2)4-5-16-3/h6-7,11H,4-5H2,1-3H3. The lowest BCUT2D eigenvalue weighted by Gasteiger charge is -2.15. The number of nitrogens with zero attached hydrogens (tertiary/aromatic N) is 1. The minimum Gasteiger partial charge on any atom is -0.383 e. The second-order valence-electron chi connectivity index (χ2n) is 3.58. The number of carbonyl (C=O) groups excluding carboxylic acids is 1. The van der Waals surface area contributed by atoms with E-state index in [0.29, 0.717) is 18.7 Å². The molecule has 0 bridgehead atoms. The van der Waals surface area contributed by atoms with Gasteiger partial charge in [0, 0.05) is 26.1 Å². The fourth-order valence-electron chi connectivity index (χ4n) is 1.22. The Morgan fingerprint density at radius 1 is 1.56 bits per heavy atom. The number of likely N-dealkylation sites (N-methyl/N-ethyl adjacent to an activating group) is 1. The van der Waals surface area contributed by atoms with Gasteiger partial charge in [-0.25, -0.2) is 13.1 Å². The predicted molar refractivity (Wildman–Crippen MR) is 69.4 cm³/mol. The molecular weight excluding hydrogens is 276 g/mol. The number of methoxy groups -OCH3 is 1. The van der Waals surface area contributed by atoms with Crippen molar-refractivity contribution in [2.45, 2.75) is 4.21 Å². The third-order valence-corrected chi connectivity index (χ3v) is 5.19. The highest BCUT2D eigenvalue weighted by molar-refractivity contribution is 7.91. The summed E-state index contributed by atoms with van der Waals surface area (Å²) in [7, 11) is 1.05. The number of sulfonamides is 1. The molecule has 0 unspecified atom stereocenters. The first kappa shape index (κ1) is 15.1. The van der Waals surface area contributed by atoms with Crippen molar-refractivity contribution in [1.29, 1.82) is 0 Å². The van der Waals surface area contributed by atoms with Gasteiger partial charge in [0.15, 0.2) is 0 Å². The van der Waals surface area contributed by atoms with E-state index in [4.69, 9.17) is 4.74 Å². The van der Waals surface area contributed by atoms with E-state index in [1.54, 1.807) is 14.2 Å². The number of hydrogen-bond donors (Lipinski definition) is 1. The van der Waals surface area contributed by atoms with Gasteiger partial charge in [0.25, 0.3) is 5.91 Å². The first-order valence-electron chi connectivity index (χ1n) is 5.19. The molecule has 0 aliphatic heterocycles. The minimum absolute atomic E-state index is 0.133. The fraction of sp³-hybridized carbons (Fsp3) is 0.500. The zero-order chi connectivity index (χ0) is 13.8. The minimum atomic E-state index is -3.48. The van der Waals surface area contributed by atoms with Crippen molar-refractivity contribution < 1.29 is 17.9 Å². The average molecular weight is 292 g/mol. The molecule has 1 amide bonds. The van der Waals surface area contributed by atoms with Crippen LogP contribution in [0.5, 0.6) is 0 Å². The van der Waals surface area contributed by atoms with Gasteiger partial charge in [-0.1, -0.05) is 0 Å². The molecule has 8 heteroatoms. The smallest absolute Gasteiger partial charge is 0.254 e. The Hall–Kier alpha value is -0.960. The summed E-state index contributed by atoms with van der Waals surface area (Å²) in [5, 5.41) is 1.54. The van der Waals surface area contributed by atoms with Gasteiger partial charge in [-0.2, -0.15) is 0 Å². The number of ether oxygens (including phenoxy) is 1. The number of amides is 1. The third-order valence-electron chi connectivity index (χ3n) is 2.33. The number of nitrogens with one attached hydrogen (secondary N) is 1. The van der Waals surface area contributed by atoms with E-state index in [1.165, 1.54) is 23.4 Å². The second-order valence-corrected chi connectivity index (χ2v) is 6.61. The Morgan fingerprint density at radius 2 is 2.22 bits per heavy atom.